The summed E-state index contributed by atoms with van der Waals surface area (Å²) in [5.41, 5.74) is 8.39. The number of nitrogens with one attached hydrogen (secondary N) is 2. The quantitative estimate of drug-likeness (QED) is 0.209. The van der Waals surface area contributed by atoms with Gasteiger partial charge >= 0.3 is 6.09 Å². The number of aromatic nitrogens is 2. The van der Waals surface area contributed by atoms with Crippen molar-refractivity contribution < 1.29 is 19.1 Å². The molecule has 0 spiro atoms. The van der Waals surface area contributed by atoms with Crippen LogP contribution in [0.4, 0.5) is 4.79 Å². The van der Waals surface area contributed by atoms with Gasteiger partial charge in [-0.15, -0.1) is 11.3 Å². The van der Waals surface area contributed by atoms with E-state index in [0.717, 1.165) is 31.9 Å². The average Bonchev–Trinajstić information content (AvgIpc) is 3.26. The molecule has 0 saturated heterocycles. The van der Waals surface area contributed by atoms with E-state index in [4.69, 9.17) is 9.47 Å². The smallest absolute Gasteiger partial charge is 0.426 e. The highest BCUT2D eigenvalue weighted by Crippen LogP contribution is 2.31. The predicted molar refractivity (Wildman–Crippen MR) is 132 cm³/mol. The number of hydrogen-bond donors (Lipinski definition) is 2. The fourth-order valence-electron chi connectivity index (χ4n) is 2.99. The Morgan fingerprint density at radius 2 is 1.82 bits per heavy atom. The van der Waals surface area contributed by atoms with Crippen LogP contribution in [0, 0.1) is 6.92 Å². The van der Waals surface area contributed by atoms with Crippen LogP contribution in [-0.4, -0.2) is 27.7 Å². The van der Waals surface area contributed by atoms with E-state index in [2.05, 4.69) is 20.8 Å². The number of benzene rings is 2. The number of aryl methyl sites for hydroxylation is 1. The maximum Gasteiger partial charge on any atom is 0.426 e. The van der Waals surface area contributed by atoms with Gasteiger partial charge in [0.1, 0.15) is 30.3 Å². The van der Waals surface area contributed by atoms with E-state index in [-0.39, 0.29) is 18.3 Å². The summed E-state index contributed by atoms with van der Waals surface area (Å²) in [5, 5.41) is 2.74. The van der Waals surface area contributed by atoms with Crippen molar-refractivity contribution in [2.75, 3.05) is 5.75 Å². The molecule has 2 amide bonds. The molecule has 0 saturated carbocycles. The molecule has 0 bridgehead atoms. The number of rotatable bonds is 8. The van der Waals surface area contributed by atoms with E-state index in [0.29, 0.717) is 12.4 Å². The molecule has 0 unspecified atom stereocenters. The highest BCUT2D eigenvalue weighted by atomic mass is 32.2. The second kappa shape index (κ2) is 11.5. The van der Waals surface area contributed by atoms with Crippen molar-refractivity contribution in [3.63, 3.8) is 0 Å². The molecule has 34 heavy (non-hydrogen) atoms. The van der Waals surface area contributed by atoms with Crippen molar-refractivity contribution >= 4 is 45.3 Å². The van der Waals surface area contributed by atoms with Gasteiger partial charge in [-0.1, -0.05) is 54.2 Å². The first-order chi connectivity index (χ1) is 16.6. The Kier molecular flexibility index (Phi) is 7.95. The fourth-order valence-corrected chi connectivity index (χ4v) is 4.89. The number of hydrazine groups is 1. The van der Waals surface area contributed by atoms with Gasteiger partial charge in [-0.3, -0.25) is 10.2 Å². The van der Waals surface area contributed by atoms with Gasteiger partial charge in [0.05, 0.1) is 16.0 Å². The molecule has 10 heteroatoms. The van der Waals surface area contributed by atoms with Crippen LogP contribution in [0.15, 0.2) is 71.3 Å². The van der Waals surface area contributed by atoms with Crippen molar-refractivity contribution in [3.8, 4) is 5.75 Å². The lowest BCUT2D eigenvalue weighted by atomic mass is 10.2. The van der Waals surface area contributed by atoms with Crippen molar-refractivity contribution in [2.45, 2.75) is 25.2 Å². The zero-order valence-electron chi connectivity index (χ0n) is 18.3. The van der Waals surface area contributed by atoms with Crippen LogP contribution < -0.4 is 15.6 Å². The van der Waals surface area contributed by atoms with Gasteiger partial charge in [-0.2, -0.15) is 0 Å². The number of amides is 2. The van der Waals surface area contributed by atoms with Gasteiger partial charge in [0.25, 0.3) is 0 Å². The molecule has 4 rings (SSSR count). The summed E-state index contributed by atoms with van der Waals surface area (Å²) in [6, 6.07) is 17.1. The number of nitrogens with zero attached hydrogens (tertiary/aromatic N) is 2. The molecule has 0 aliphatic heterocycles. The van der Waals surface area contributed by atoms with Gasteiger partial charge in [-0.05, 0) is 41.1 Å². The average molecular weight is 495 g/mol. The Labute approximate surface area is 204 Å². The van der Waals surface area contributed by atoms with Crippen LogP contribution in [0.5, 0.6) is 5.75 Å². The molecule has 8 nitrogen and oxygen atoms in total. The SMILES string of the molecule is Cc1csc2c(SCC(=O)NNC(=O)OCc3cccc(OCc4ccccc4)c3)ncnc12. The lowest BCUT2D eigenvalue weighted by Gasteiger charge is -2.10. The Morgan fingerprint density at radius 1 is 1.00 bits per heavy atom. The largest absolute Gasteiger partial charge is 0.489 e. The standard InChI is InChI=1S/C24H22N4O4S2/c1-16-13-33-22-21(16)25-15-26-23(22)34-14-20(29)27-28-24(30)32-12-18-8-5-9-19(10-18)31-11-17-6-3-2-4-7-17/h2-10,13,15H,11-12,14H2,1H3,(H,27,29)(H,28,30). The summed E-state index contributed by atoms with van der Waals surface area (Å²) in [6.07, 6.45) is 0.729. The molecule has 0 atom stereocenters. The number of thiophene rings is 1. The van der Waals surface area contributed by atoms with Crippen LogP contribution in [0.3, 0.4) is 0 Å². The Balaban J connectivity index is 1.18. The molecule has 174 valence electrons. The maximum atomic E-state index is 12.1. The van der Waals surface area contributed by atoms with E-state index in [9.17, 15) is 9.59 Å². The molecule has 0 fully saturated rings. The van der Waals surface area contributed by atoms with Crippen molar-refractivity contribution in [1.82, 2.24) is 20.8 Å². The highest BCUT2D eigenvalue weighted by Gasteiger charge is 2.12. The minimum absolute atomic E-state index is 0.0373. The van der Waals surface area contributed by atoms with Gasteiger partial charge in [0.2, 0.25) is 5.91 Å². The van der Waals surface area contributed by atoms with Gasteiger partial charge in [0.15, 0.2) is 0 Å². The highest BCUT2D eigenvalue weighted by molar-refractivity contribution is 8.00. The van der Waals surface area contributed by atoms with Gasteiger partial charge in [0, 0.05) is 0 Å². The van der Waals surface area contributed by atoms with E-state index < -0.39 is 6.09 Å². The second-order valence-corrected chi connectivity index (χ2v) is 9.08. The van der Waals surface area contributed by atoms with Crippen LogP contribution in [0.2, 0.25) is 0 Å². The maximum absolute atomic E-state index is 12.1. The number of hydrogen-bond acceptors (Lipinski definition) is 8. The molecule has 2 aromatic heterocycles. The summed E-state index contributed by atoms with van der Waals surface area (Å²) >= 11 is 2.82. The zero-order valence-corrected chi connectivity index (χ0v) is 19.9. The van der Waals surface area contributed by atoms with Gasteiger partial charge < -0.3 is 9.47 Å². The minimum Gasteiger partial charge on any atom is -0.489 e. The monoisotopic (exact) mass is 494 g/mol. The summed E-state index contributed by atoms with van der Waals surface area (Å²) in [5.74, 6) is 0.387. The van der Waals surface area contributed by atoms with Crippen LogP contribution >= 0.6 is 23.1 Å². The topological polar surface area (TPSA) is 102 Å². The third kappa shape index (κ3) is 6.46. The summed E-state index contributed by atoms with van der Waals surface area (Å²) < 4.78 is 11.9. The van der Waals surface area contributed by atoms with Crippen LogP contribution in [0.1, 0.15) is 16.7 Å². The zero-order chi connectivity index (χ0) is 23.8. The van der Waals surface area contributed by atoms with Crippen molar-refractivity contribution in [3.05, 3.63) is 83.0 Å². The lowest BCUT2D eigenvalue weighted by Crippen LogP contribution is -2.42. The first kappa shape index (κ1) is 23.5. The van der Waals surface area contributed by atoms with E-state index in [1.807, 2.05) is 60.8 Å². The molecular weight excluding hydrogens is 472 g/mol. The normalized spacial score (nSPS) is 10.6. The molecule has 2 heterocycles. The minimum atomic E-state index is -0.757. The predicted octanol–water partition coefficient (Wildman–Crippen LogP) is 4.63. The number of ether oxygens (including phenoxy) is 2. The summed E-state index contributed by atoms with van der Waals surface area (Å²) in [6.45, 7) is 2.47. The summed E-state index contributed by atoms with van der Waals surface area (Å²) in [4.78, 5) is 32.6. The molecule has 4 aromatic rings. The first-order valence-electron chi connectivity index (χ1n) is 10.4. The van der Waals surface area contributed by atoms with E-state index in [1.165, 1.54) is 18.1 Å². The number of fused-ring (bicyclic) bond motifs is 1. The third-order valence-electron chi connectivity index (χ3n) is 4.66. The molecule has 2 aromatic carbocycles. The van der Waals surface area contributed by atoms with Gasteiger partial charge in [-0.25, -0.2) is 20.2 Å². The first-order valence-corrected chi connectivity index (χ1v) is 12.2. The van der Waals surface area contributed by atoms with Crippen molar-refractivity contribution in [2.24, 2.45) is 0 Å². The lowest BCUT2D eigenvalue weighted by molar-refractivity contribution is -0.119. The second-order valence-electron chi connectivity index (χ2n) is 7.23. The third-order valence-corrected chi connectivity index (χ3v) is 6.87. The molecular formula is C24H22N4O4S2. The Hall–Kier alpha value is -3.63. The number of thioether (sulfide) groups is 1. The van der Waals surface area contributed by atoms with Crippen LogP contribution in [-0.2, 0) is 22.7 Å². The molecule has 2 N–H and O–H groups in total. The molecule has 0 aliphatic rings. The molecule has 0 aliphatic carbocycles. The Bertz CT molecular complexity index is 1280. The molecule has 0 radical (unpaired) electrons. The van der Waals surface area contributed by atoms with E-state index in [1.54, 1.807) is 17.4 Å². The Morgan fingerprint density at radius 3 is 2.68 bits per heavy atom. The van der Waals surface area contributed by atoms with Crippen LogP contribution in [0.25, 0.3) is 10.2 Å². The van der Waals surface area contributed by atoms with Crippen molar-refractivity contribution in [1.29, 1.82) is 0 Å². The fraction of sp³-hybridized carbons (Fsp3) is 0.167. The summed E-state index contributed by atoms with van der Waals surface area (Å²) in [7, 11) is 0. The van der Waals surface area contributed by atoms with E-state index >= 15 is 0 Å². The number of carbonyl (C=O) groups excluding carboxylic acids is 2. The number of carbonyl (C=O) groups is 2.